The van der Waals surface area contributed by atoms with Gasteiger partial charge >= 0.3 is 0 Å². The molecule has 0 aliphatic carbocycles. The minimum absolute atomic E-state index is 0.312. The summed E-state index contributed by atoms with van der Waals surface area (Å²) in [7, 11) is -1.88. The summed E-state index contributed by atoms with van der Waals surface area (Å²) in [5.74, 6) is 1.88. The normalized spacial score (nSPS) is 16.5. The highest BCUT2D eigenvalue weighted by Gasteiger charge is 2.29. The number of nitrogens with zero attached hydrogens (tertiary/aromatic N) is 1. The van der Waals surface area contributed by atoms with E-state index in [1.165, 1.54) is 0 Å². The van der Waals surface area contributed by atoms with E-state index in [1.54, 1.807) is 35.7 Å². The van der Waals surface area contributed by atoms with Crippen molar-refractivity contribution in [2.24, 2.45) is 5.92 Å². The highest BCUT2D eigenvalue weighted by Crippen LogP contribution is 2.25. The Morgan fingerprint density at radius 3 is 2.20 bits per heavy atom. The standard InChI is InChI=1S/C19H23NO4S/c1-23-17-7-9-19(10-8-17)25(21,22)20-13-11-16(12-14-20)15-24-18-5-3-2-4-6-18/h2-10,16H,11-15H2,1H3. The molecule has 0 bridgehead atoms. The molecule has 0 N–H and O–H groups in total. The molecule has 1 aliphatic heterocycles. The number of hydrogen-bond donors (Lipinski definition) is 0. The van der Waals surface area contributed by atoms with Crippen molar-refractivity contribution in [1.29, 1.82) is 0 Å². The van der Waals surface area contributed by atoms with E-state index < -0.39 is 10.0 Å². The third-order valence-corrected chi connectivity index (χ3v) is 6.41. The van der Waals surface area contributed by atoms with Crippen molar-refractivity contribution in [3.05, 3.63) is 54.6 Å². The number of ether oxygens (including phenoxy) is 2. The molecule has 5 nitrogen and oxygen atoms in total. The molecule has 0 aromatic heterocycles. The summed E-state index contributed by atoms with van der Waals surface area (Å²) in [5.41, 5.74) is 0. The lowest BCUT2D eigenvalue weighted by Gasteiger charge is -2.31. The molecule has 1 fully saturated rings. The van der Waals surface area contributed by atoms with Gasteiger partial charge in [-0.2, -0.15) is 4.31 Å². The molecule has 0 amide bonds. The predicted octanol–water partition coefficient (Wildman–Crippen LogP) is 3.17. The SMILES string of the molecule is COc1ccc(S(=O)(=O)N2CCC(COc3ccccc3)CC2)cc1. The molecule has 0 unspecified atom stereocenters. The van der Waals surface area contributed by atoms with Crippen molar-refractivity contribution in [2.45, 2.75) is 17.7 Å². The molecule has 134 valence electrons. The number of rotatable bonds is 6. The third-order valence-electron chi connectivity index (χ3n) is 4.50. The molecule has 0 atom stereocenters. The van der Waals surface area contributed by atoms with Crippen LogP contribution in [0.1, 0.15) is 12.8 Å². The first kappa shape index (κ1) is 17.8. The van der Waals surface area contributed by atoms with Crippen molar-refractivity contribution in [3.63, 3.8) is 0 Å². The summed E-state index contributed by atoms with van der Waals surface area (Å²) >= 11 is 0. The number of piperidine rings is 1. The van der Waals surface area contributed by atoms with Crippen LogP contribution in [0.15, 0.2) is 59.5 Å². The molecule has 2 aromatic carbocycles. The number of sulfonamides is 1. The zero-order valence-corrected chi connectivity index (χ0v) is 15.1. The number of hydrogen-bond acceptors (Lipinski definition) is 4. The zero-order valence-electron chi connectivity index (χ0n) is 14.3. The monoisotopic (exact) mass is 361 g/mol. The summed E-state index contributed by atoms with van der Waals surface area (Å²) < 4.78 is 37.9. The van der Waals surface area contributed by atoms with Gasteiger partial charge in [0.05, 0.1) is 18.6 Å². The molecule has 0 spiro atoms. The summed E-state index contributed by atoms with van der Waals surface area (Å²) in [5, 5.41) is 0. The summed E-state index contributed by atoms with van der Waals surface area (Å²) in [6.07, 6.45) is 1.62. The minimum atomic E-state index is -3.44. The lowest BCUT2D eigenvalue weighted by atomic mass is 9.99. The fourth-order valence-electron chi connectivity index (χ4n) is 2.94. The fraction of sp³-hybridized carbons (Fsp3) is 0.368. The Hall–Kier alpha value is -2.05. The highest BCUT2D eigenvalue weighted by atomic mass is 32.2. The number of para-hydroxylation sites is 1. The van der Waals surface area contributed by atoms with Crippen molar-refractivity contribution >= 4 is 10.0 Å². The second-order valence-corrected chi connectivity index (χ2v) is 8.08. The van der Waals surface area contributed by atoms with E-state index in [1.807, 2.05) is 30.3 Å². The molecule has 1 aliphatic rings. The summed E-state index contributed by atoms with van der Waals surface area (Å²) in [4.78, 5) is 0.312. The number of methoxy groups -OCH3 is 1. The average molecular weight is 361 g/mol. The van der Waals surface area contributed by atoms with E-state index in [2.05, 4.69) is 0 Å². The van der Waals surface area contributed by atoms with Gasteiger partial charge in [-0.25, -0.2) is 8.42 Å². The smallest absolute Gasteiger partial charge is 0.243 e. The first-order valence-electron chi connectivity index (χ1n) is 8.41. The van der Waals surface area contributed by atoms with Crippen LogP contribution in [-0.2, 0) is 10.0 Å². The van der Waals surface area contributed by atoms with Crippen molar-refractivity contribution < 1.29 is 17.9 Å². The van der Waals surface area contributed by atoms with Crippen LogP contribution in [-0.4, -0.2) is 39.5 Å². The van der Waals surface area contributed by atoms with Crippen LogP contribution in [0.3, 0.4) is 0 Å². The molecule has 1 heterocycles. The van der Waals surface area contributed by atoms with Crippen LogP contribution in [0, 0.1) is 5.92 Å². The maximum absolute atomic E-state index is 12.7. The fourth-order valence-corrected chi connectivity index (χ4v) is 4.41. The van der Waals surface area contributed by atoms with Crippen LogP contribution in [0.25, 0.3) is 0 Å². The van der Waals surface area contributed by atoms with Gasteiger partial charge < -0.3 is 9.47 Å². The van der Waals surface area contributed by atoms with Gasteiger partial charge in [-0.05, 0) is 55.2 Å². The largest absolute Gasteiger partial charge is 0.497 e. The third kappa shape index (κ3) is 4.32. The van der Waals surface area contributed by atoms with E-state index in [-0.39, 0.29) is 0 Å². The van der Waals surface area contributed by atoms with E-state index in [0.717, 1.165) is 18.6 Å². The van der Waals surface area contributed by atoms with Gasteiger partial charge in [-0.1, -0.05) is 18.2 Å². The topological polar surface area (TPSA) is 55.8 Å². The molecule has 0 saturated carbocycles. The Kier molecular flexibility index (Phi) is 5.60. The van der Waals surface area contributed by atoms with Gasteiger partial charge in [0.2, 0.25) is 10.0 Å². The Morgan fingerprint density at radius 1 is 0.960 bits per heavy atom. The van der Waals surface area contributed by atoms with Gasteiger partial charge in [-0.3, -0.25) is 0 Å². The Morgan fingerprint density at radius 2 is 1.60 bits per heavy atom. The van der Waals surface area contributed by atoms with Gasteiger partial charge in [0.25, 0.3) is 0 Å². The van der Waals surface area contributed by atoms with Crippen molar-refractivity contribution in [1.82, 2.24) is 4.31 Å². The van der Waals surface area contributed by atoms with Crippen molar-refractivity contribution in [3.8, 4) is 11.5 Å². The van der Waals surface area contributed by atoms with Crippen LogP contribution in [0.4, 0.5) is 0 Å². The van der Waals surface area contributed by atoms with E-state index in [4.69, 9.17) is 9.47 Å². The van der Waals surface area contributed by atoms with E-state index in [0.29, 0.717) is 36.3 Å². The maximum atomic E-state index is 12.7. The molecule has 25 heavy (non-hydrogen) atoms. The van der Waals surface area contributed by atoms with Crippen LogP contribution in [0.5, 0.6) is 11.5 Å². The molecule has 3 rings (SSSR count). The van der Waals surface area contributed by atoms with Gasteiger partial charge in [0.1, 0.15) is 11.5 Å². The zero-order chi connectivity index (χ0) is 17.7. The lowest BCUT2D eigenvalue weighted by molar-refractivity contribution is 0.185. The second-order valence-electron chi connectivity index (χ2n) is 6.15. The molecule has 1 saturated heterocycles. The minimum Gasteiger partial charge on any atom is -0.497 e. The summed E-state index contributed by atoms with van der Waals surface area (Å²) in [6.45, 7) is 1.68. The van der Waals surface area contributed by atoms with Crippen LogP contribution >= 0.6 is 0 Å². The molecule has 0 radical (unpaired) electrons. The molecular weight excluding hydrogens is 338 g/mol. The maximum Gasteiger partial charge on any atom is 0.243 e. The van der Waals surface area contributed by atoms with E-state index >= 15 is 0 Å². The number of benzene rings is 2. The average Bonchev–Trinajstić information content (AvgIpc) is 2.67. The Labute approximate surface area is 149 Å². The van der Waals surface area contributed by atoms with Gasteiger partial charge in [0.15, 0.2) is 0 Å². The predicted molar refractivity (Wildman–Crippen MR) is 96.4 cm³/mol. The van der Waals surface area contributed by atoms with Gasteiger partial charge in [-0.15, -0.1) is 0 Å². The molecule has 2 aromatic rings. The quantitative estimate of drug-likeness (QED) is 0.793. The van der Waals surface area contributed by atoms with Gasteiger partial charge in [0, 0.05) is 13.1 Å². The highest BCUT2D eigenvalue weighted by molar-refractivity contribution is 7.89. The first-order chi connectivity index (χ1) is 12.1. The molecule has 6 heteroatoms. The Bertz CT molecular complexity index is 767. The van der Waals surface area contributed by atoms with Crippen LogP contribution < -0.4 is 9.47 Å². The summed E-state index contributed by atoms with van der Waals surface area (Å²) in [6, 6.07) is 16.2. The first-order valence-corrected chi connectivity index (χ1v) is 9.85. The molecular formula is C19H23NO4S. The lowest BCUT2D eigenvalue weighted by Crippen LogP contribution is -2.39. The van der Waals surface area contributed by atoms with Crippen molar-refractivity contribution in [2.75, 3.05) is 26.8 Å². The Balaban J connectivity index is 1.55. The second kappa shape index (κ2) is 7.89. The van der Waals surface area contributed by atoms with Crippen LogP contribution in [0.2, 0.25) is 0 Å². The van der Waals surface area contributed by atoms with E-state index in [9.17, 15) is 8.42 Å².